The van der Waals surface area contributed by atoms with Gasteiger partial charge < -0.3 is 25.7 Å². The number of carboxylic acids is 1. The van der Waals surface area contributed by atoms with Crippen LogP contribution in [-0.2, 0) is 33.5 Å². The second kappa shape index (κ2) is 11.0. The van der Waals surface area contributed by atoms with E-state index >= 15 is 0 Å². The number of rotatable bonds is 10. The molecular formula is C19H18N6O8S2. The molecule has 35 heavy (non-hydrogen) atoms. The number of hydrogen-bond donors (Lipinski definition) is 3. The Hall–Kier alpha value is -3.97. The molecule has 1 aromatic rings. The number of aliphatic carboxylic acids is 1. The van der Waals surface area contributed by atoms with E-state index in [1.807, 2.05) is 0 Å². The van der Waals surface area contributed by atoms with Crippen LogP contribution >= 0.6 is 23.3 Å². The van der Waals surface area contributed by atoms with Gasteiger partial charge in [-0.05, 0) is 6.92 Å². The number of ether oxygens (including phenoxy) is 1. The van der Waals surface area contributed by atoms with E-state index < -0.39 is 54.0 Å². The number of carbonyl (C=O) groups excluding carboxylic acids is 4. The van der Waals surface area contributed by atoms with E-state index in [0.29, 0.717) is 0 Å². The number of esters is 1. The van der Waals surface area contributed by atoms with Gasteiger partial charge in [0, 0.05) is 22.9 Å². The lowest BCUT2D eigenvalue weighted by Crippen LogP contribution is -2.71. The molecule has 2 aliphatic heterocycles. The van der Waals surface area contributed by atoms with Crippen LogP contribution in [0.1, 0.15) is 19.2 Å². The van der Waals surface area contributed by atoms with Crippen LogP contribution in [0.5, 0.6) is 0 Å². The summed E-state index contributed by atoms with van der Waals surface area (Å²) >= 11 is 1.97. The third-order valence-corrected chi connectivity index (χ3v) is 6.39. The SMILES string of the molecule is C#CCON=C(C(=O)NC1C(=O)N2C(C(=O)O)=C(COC(=O)CC(C)=O)CS[C@H]12)c1nsc(N)n1. The highest BCUT2D eigenvalue weighted by molar-refractivity contribution is 8.00. The third kappa shape index (κ3) is 5.75. The van der Waals surface area contributed by atoms with Crippen molar-refractivity contribution in [3.63, 3.8) is 0 Å². The first-order chi connectivity index (χ1) is 16.6. The quantitative estimate of drug-likeness (QED) is 0.0626. The number of nitrogen functional groups attached to an aromatic ring is 1. The van der Waals surface area contributed by atoms with E-state index in [9.17, 15) is 29.1 Å². The molecule has 2 amide bonds. The molecule has 3 rings (SSSR count). The highest BCUT2D eigenvalue weighted by Gasteiger charge is 2.54. The maximum absolute atomic E-state index is 12.8. The number of Topliss-reactive ketones (excluding diaryl/α,β-unsaturated/α-hetero) is 1. The molecule has 1 aromatic heterocycles. The van der Waals surface area contributed by atoms with E-state index in [4.69, 9.17) is 21.7 Å². The molecule has 184 valence electrons. The first-order valence-electron chi connectivity index (χ1n) is 9.72. The fourth-order valence-electron chi connectivity index (χ4n) is 3.08. The minimum atomic E-state index is -1.40. The van der Waals surface area contributed by atoms with Crippen LogP contribution in [0.2, 0.25) is 0 Å². The van der Waals surface area contributed by atoms with Crippen LogP contribution in [0.25, 0.3) is 0 Å². The molecule has 0 spiro atoms. The summed E-state index contributed by atoms with van der Waals surface area (Å²) in [5, 5.41) is 15.1. The Labute approximate surface area is 206 Å². The molecule has 0 aliphatic carbocycles. The maximum Gasteiger partial charge on any atom is 0.352 e. The monoisotopic (exact) mass is 522 g/mol. The lowest BCUT2D eigenvalue weighted by atomic mass is 10.0. The molecule has 1 unspecified atom stereocenters. The molecule has 0 radical (unpaired) electrons. The first-order valence-corrected chi connectivity index (χ1v) is 11.5. The van der Waals surface area contributed by atoms with Gasteiger partial charge in [-0.1, -0.05) is 11.1 Å². The normalized spacial score (nSPS) is 19.3. The number of carbonyl (C=O) groups is 5. The molecule has 2 aliphatic rings. The van der Waals surface area contributed by atoms with E-state index in [2.05, 4.69) is 25.8 Å². The number of oxime groups is 1. The molecule has 0 bridgehead atoms. The summed E-state index contributed by atoms with van der Waals surface area (Å²) in [6, 6.07) is -1.09. The second-order valence-electron chi connectivity index (χ2n) is 7.03. The lowest BCUT2D eigenvalue weighted by molar-refractivity contribution is -0.150. The molecule has 3 heterocycles. The number of thioether (sulfide) groups is 1. The molecule has 2 atom stereocenters. The van der Waals surface area contributed by atoms with Gasteiger partial charge in [-0.2, -0.15) is 9.36 Å². The first kappa shape index (κ1) is 25.6. The number of nitrogens with one attached hydrogen (secondary N) is 1. The molecule has 16 heteroatoms. The lowest BCUT2D eigenvalue weighted by Gasteiger charge is -2.49. The molecule has 14 nitrogen and oxygen atoms in total. The number of β-lactam (4-membered cyclic amide) rings is 1. The van der Waals surface area contributed by atoms with Crippen LogP contribution in [0.3, 0.4) is 0 Å². The van der Waals surface area contributed by atoms with Crippen molar-refractivity contribution >= 4 is 63.7 Å². The number of nitrogens with zero attached hydrogens (tertiary/aromatic N) is 4. The minimum Gasteiger partial charge on any atom is -0.477 e. The van der Waals surface area contributed by atoms with Crippen molar-refractivity contribution in [3.8, 4) is 12.3 Å². The number of carboxylic acid groups (broad SMARTS) is 1. The summed E-state index contributed by atoms with van der Waals surface area (Å²) in [7, 11) is 0. The van der Waals surface area contributed by atoms with Crippen molar-refractivity contribution in [1.29, 1.82) is 0 Å². The van der Waals surface area contributed by atoms with Crippen LogP contribution in [0.15, 0.2) is 16.4 Å². The van der Waals surface area contributed by atoms with Gasteiger partial charge in [0.2, 0.25) is 11.5 Å². The Bertz CT molecular complexity index is 1190. The Balaban J connectivity index is 1.74. The number of fused-ring (bicyclic) bond motifs is 1. The maximum atomic E-state index is 12.8. The van der Waals surface area contributed by atoms with Gasteiger partial charge in [-0.3, -0.25) is 24.1 Å². The topological polar surface area (TPSA) is 203 Å². The summed E-state index contributed by atoms with van der Waals surface area (Å²) in [6.07, 6.45) is 4.65. The number of nitrogens with two attached hydrogens (primary N) is 1. The van der Waals surface area contributed by atoms with Crippen molar-refractivity contribution in [2.24, 2.45) is 5.16 Å². The summed E-state index contributed by atoms with van der Waals surface area (Å²) in [5.74, 6) is -2.03. The van der Waals surface area contributed by atoms with Crippen molar-refractivity contribution in [3.05, 3.63) is 17.1 Å². The predicted octanol–water partition coefficient (Wildman–Crippen LogP) is -1.26. The minimum absolute atomic E-state index is 0.0685. The summed E-state index contributed by atoms with van der Waals surface area (Å²) in [5.41, 5.74) is 5.02. The number of hydrogen-bond acceptors (Lipinski definition) is 13. The van der Waals surface area contributed by atoms with E-state index in [-0.39, 0.29) is 40.3 Å². The average Bonchev–Trinajstić information content (AvgIpc) is 3.23. The highest BCUT2D eigenvalue weighted by atomic mass is 32.2. The molecule has 0 saturated carbocycles. The summed E-state index contributed by atoms with van der Waals surface area (Å²) < 4.78 is 8.87. The van der Waals surface area contributed by atoms with Gasteiger partial charge in [-0.25, -0.2) is 4.79 Å². The second-order valence-corrected chi connectivity index (χ2v) is 8.92. The van der Waals surface area contributed by atoms with Crippen molar-refractivity contribution in [1.82, 2.24) is 19.6 Å². The van der Waals surface area contributed by atoms with Crippen LogP contribution < -0.4 is 11.1 Å². The average molecular weight is 523 g/mol. The fourth-order valence-corrected chi connectivity index (χ4v) is 4.84. The van der Waals surface area contributed by atoms with Gasteiger partial charge in [0.15, 0.2) is 11.7 Å². The molecule has 4 N–H and O–H groups in total. The van der Waals surface area contributed by atoms with Crippen molar-refractivity contribution < 1.29 is 38.7 Å². The standard InChI is InChI=1S/C19H18N6O8S2/c1-3-4-33-23-11(14-22-19(20)35-24-14)15(28)21-12-16(29)25-13(18(30)31)9(7-34-17(12)25)6-32-10(27)5-8(2)26/h1,12,17H,4-7H2,2H3,(H,21,28)(H,30,31)(H2,20,22,24)/t12?,17-/m1/s1. The van der Waals surface area contributed by atoms with Crippen LogP contribution in [0, 0.1) is 12.3 Å². The predicted molar refractivity (Wildman–Crippen MR) is 122 cm³/mol. The molecule has 1 fully saturated rings. The molecule has 1 saturated heterocycles. The van der Waals surface area contributed by atoms with Crippen LogP contribution in [0.4, 0.5) is 5.13 Å². The number of ketones is 1. The number of anilines is 1. The van der Waals surface area contributed by atoms with Gasteiger partial charge in [0.25, 0.3) is 11.8 Å². The van der Waals surface area contributed by atoms with Crippen molar-refractivity contribution in [2.45, 2.75) is 24.8 Å². The van der Waals surface area contributed by atoms with E-state index in [0.717, 1.165) is 28.2 Å². The van der Waals surface area contributed by atoms with Gasteiger partial charge in [-0.15, -0.1) is 18.2 Å². The summed E-state index contributed by atoms with van der Waals surface area (Å²) in [6.45, 7) is 0.584. The van der Waals surface area contributed by atoms with Crippen LogP contribution in [-0.4, -0.2) is 85.0 Å². The Morgan fingerprint density at radius 3 is 2.74 bits per heavy atom. The molecular weight excluding hydrogens is 504 g/mol. The number of amides is 2. The molecule has 0 aromatic carbocycles. The van der Waals surface area contributed by atoms with Gasteiger partial charge in [0.1, 0.15) is 35.9 Å². The largest absolute Gasteiger partial charge is 0.477 e. The van der Waals surface area contributed by atoms with Gasteiger partial charge in [0.05, 0.1) is 0 Å². The summed E-state index contributed by atoms with van der Waals surface area (Å²) in [4.78, 5) is 69.9. The van der Waals surface area contributed by atoms with Crippen molar-refractivity contribution in [2.75, 3.05) is 24.7 Å². The zero-order valence-electron chi connectivity index (χ0n) is 18.0. The smallest absolute Gasteiger partial charge is 0.352 e. The fraction of sp³-hybridized carbons (Fsp3) is 0.368. The Morgan fingerprint density at radius 1 is 1.40 bits per heavy atom. The van der Waals surface area contributed by atoms with E-state index in [1.165, 1.54) is 6.92 Å². The van der Waals surface area contributed by atoms with E-state index in [1.54, 1.807) is 0 Å². The zero-order valence-corrected chi connectivity index (χ0v) is 19.7. The Kier molecular flexibility index (Phi) is 8.04. The van der Waals surface area contributed by atoms with Gasteiger partial charge >= 0.3 is 11.9 Å². The Morgan fingerprint density at radius 2 is 2.14 bits per heavy atom. The third-order valence-electron chi connectivity index (χ3n) is 4.51. The number of aromatic nitrogens is 2. The number of terminal acetylenes is 1. The highest BCUT2D eigenvalue weighted by Crippen LogP contribution is 2.40. The zero-order chi connectivity index (χ0) is 25.7.